The molecule has 118 valence electrons. The van der Waals surface area contributed by atoms with Crippen LogP contribution < -0.4 is 4.72 Å². The number of nitrogens with zero attached hydrogens (tertiary/aromatic N) is 1. The molecule has 1 heterocycles. The normalized spacial score (nSPS) is 18.5. The summed E-state index contributed by atoms with van der Waals surface area (Å²) in [5.41, 5.74) is 0.937. The van der Waals surface area contributed by atoms with Crippen LogP contribution in [0.5, 0.6) is 0 Å². The Kier molecular flexibility index (Phi) is 6.17. The van der Waals surface area contributed by atoms with Crippen molar-refractivity contribution in [1.82, 2.24) is 9.03 Å². The van der Waals surface area contributed by atoms with E-state index in [1.807, 2.05) is 30.3 Å². The van der Waals surface area contributed by atoms with Crippen molar-refractivity contribution in [3.63, 3.8) is 0 Å². The standard InChI is InChI=1S/C15H24N2O3S/c18-13-7-10-15(14-8-3-1-4-9-14)16-21(19,20)17-11-5-2-6-12-17/h1,3-4,8-9,15-16,18H,2,5-7,10-13H2/t15-/m0/s1. The Bertz CT molecular complexity index is 513. The largest absolute Gasteiger partial charge is 0.396 e. The van der Waals surface area contributed by atoms with Crippen molar-refractivity contribution in [2.45, 2.75) is 38.1 Å². The van der Waals surface area contributed by atoms with Gasteiger partial charge in [0.1, 0.15) is 0 Å². The maximum Gasteiger partial charge on any atom is 0.280 e. The van der Waals surface area contributed by atoms with E-state index in [2.05, 4.69) is 4.72 Å². The summed E-state index contributed by atoms with van der Waals surface area (Å²) in [5.74, 6) is 0. The summed E-state index contributed by atoms with van der Waals surface area (Å²) in [6.07, 6.45) is 4.11. The molecule has 0 bridgehead atoms. The molecule has 1 aromatic carbocycles. The molecular weight excluding hydrogens is 288 g/mol. The fourth-order valence-corrected chi connectivity index (χ4v) is 4.14. The van der Waals surface area contributed by atoms with Gasteiger partial charge in [-0.2, -0.15) is 17.4 Å². The average Bonchev–Trinajstić information content (AvgIpc) is 2.53. The Morgan fingerprint density at radius 2 is 1.81 bits per heavy atom. The first-order valence-corrected chi connectivity index (χ1v) is 9.01. The van der Waals surface area contributed by atoms with Gasteiger partial charge in [0.25, 0.3) is 10.2 Å². The second kappa shape index (κ2) is 7.89. The number of piperidine rings is 1. The van der Waals surface area contributed by atoms with E-state index in [0.29, 0.717) is 25.9 Å². The highest BCUT2D eigenvalue weighted by atomic mass is 32.2. The minimum atomic E-state index is -3.46. The van der Waals surface area contributed by atoms with Crippen LogP contribution in [0.1, 0.15) is 43.7 Å². The molecule has 1 aliphatic rings. The van der Waals surface area contributed by atoms with E-state index < -0.39 is 10.2 Å². The lowest BCUT2D eigenvalue weighted by molar-refractivity contribution is 0.276. The van der Waals surface area contributed by atoms with Crippen LogP contribution in [0.2, 0.25) is 0 Å². The zero-order valence-corrected chi connectivity index (χ0v) is 13.1. The first kappa shape index (κ1) is 16.4. The highest BCUT2D eigenvalue weighted by Crippen LogP contribution is 2.21. The molecule has 6 heteroatoms. The molecule has 1 aliphatic heterocycles. The van der Waals surface area contributed by atoms with Gasteiger partial charge in [0.2, 0.25) is 0 Å². The Morgan fingerprint density at radius 1 is 1.14 bits per heavy atom. The maximum absolute atomic E-state index is 12.5. The fraction of sp³-hybridized carbons (Fsp3) is 0.600. The summed E-state index contributed by atoms with van der Waals surface area (Å²) in [5, 5.41) is 9.02. The molecule has 0 radical (unpaired) electrons. The molecule has 1 saturated heterocycles. The van der Waals surface area contributed by atoms with Gasteiger partial charge >= 0.3 is 0 Å². The zero-order valence-electron chi connectivity index (χ0n) is 12.2. The van der Waals surface area contributed by atoms with Gasteiger partial charge in [-0.25, -0.2) is 0 Å². The van der Waals surface area contributed by atoms with Crippen molar-refractivity contribution in [1.29, 1.82) is 0 Å². The van der Waals surface area contributed by atoms with Crippen LogP contribution in [-0.2, 0) is 10.2 Å². The number of rotatable bonds is 7. The van der Waals surface area contributed by atoms with E-state index >= 15 is 0 Å². The number of hydrogen-bond acceptors (Lipinski definition) is 3. The van der Waals surface area contributed by atoms with E-state index in [1.54, 1.807) is 0 Å². The summed E-state index contributed by atoms with van der Waals surface area (Å²) < 4.78 is 29.3. The maximum atomic E-state index is 12.5. The molecule has 0 aromatic heterocycles. The SMILES string of the molecule is O=S(=O)(N[C@@H](CCCO)c1ccccc1)N1CCCCC1. The van der Waals surface area contributed by atoms with Gasteiger partial charge in [-0.15, -0.1) is 0 Å². The summed E-state index contributed by atoms with van der Waals surface area (Å²) in [4.78, 5) is 0. The predicted octanol–water partition coefficient (Wildman–Crippen LogP) is 1.82. The Balaban J connectivity index is 2.10. The van der Waals surface area contributed by atoms with Gasteiger partial charge in [-0.05, 0) is 31.2 Å². The molecule has 5 nitrogen and oxygen atoms in total. The van der Waals surface area contributed by atoms with Crippen molar-refractivity contribution in [3.8, 4) is 0 Å². The van der Waals surface area contributed by atoms with Crippen LogP contribution in [-0.4, -0.2) is 37.5 Å². The van der Waals surface area contributed by atoms with Crippen molar-refractivity contribution in [2.24, 2.45) is 0 Å². The van der Waals surface area contributed by atoms with E-state index in [-0.39, 0.29) is 12.6 Å². The van der Waals surface area contributed by atoms with Crippen LogP contribution in [0.15, 0.2) is 30.3 Å². The van der Waals surface area contributed by atoms with Gasteiger partial charge in [0.15, 0.2) is 0 Å². The molecule has 2 rings (SSSR count). The summed E-state index contributed by atoms with van der Waals surface area (Å²) in [7, 11) is -3.46. The van der Waals surface area contributed by atoms with E-state index in [4.69, 9.17) is 5.11 Å². The number of aliphatic hydroxyl groups is 1. The average molecular weight is 312 g/mol. The van der Waals surface area contributed by atoms with Gasteiger partial charge < -0.3 is 5.11 Å². The molecular formula is C15H24N2O3S. The molecule has 1 fully saturated rings. The molecule has 0 spiro atoms. The second-order valence-corrected chi connectivity index (χ2v) is 7.11. The first-order chi connectivity index (χ1) is 10.1. The number of hydrogen-bond donors (Lipinski definition) is 2. The Hall–Kier alpha value is -0.950. The van der Waals surface area contributed by atoms with Crippen LogP contribution in [0.3, 0.4) is 0 Å². The van der Waals surface area contributed by atoms with E-state index in [0.717, 1.165) is 24.8 Å². The first-order valence-electron chi connectivity index (χ1n) is 7.56. The molecule has 2 N–H and O–H groups in total. The highest BCUT2D eigenvalue weighted by molar-refractivity contribution is 7.87. The minimum absolute atomic E-state index is 0.0643. The van der Waals surface area contributed by atoms with Gasteiger partial charge in [-0.3, -0.25) is 0 Å². The van der Waals surface area contributed by atoms with Crippen molar-refractivity contribution >= 4 is 10.2 Å². The van der Waals surface area contributed by atoms with Crippen molar-refractivity contribution in [3.05, 3.63) is 35.9 Å². The Labute approximate surface area is 127 Å². The van der Waals surface area contributed by atoms with E-state index in [1.165, 1.54) is 4.31 Å². The van der Waals surface area contributed by atoms with Gasteiger partial charge in [0, 0.05) is 25.7 Å². The predicted molar refractivity (Wildman–Crippen MR) is 83.0 cm³/mol. The lowest BCUT2D eigenvalue weighted by Gasteiger charge is -2.28. The van der Waals surface area contributed by atoms with Crippen LogP contribution in [0.4, 0.5) is 0 Å². The van der Waals surface area contributed by atoms with Crippen LogP contribution in [0, 0.1) is 0 Å². The molecule has 21 heavy (non-hydrogen) atoms. The molecule has 0 saturated carbocycles. The smallest absolute Gasteiger partial charge is 0.280 e. The topological polar surface area (TPSA) is 69.6 Å². The summed E-state index contributed by atoms with van der Waals surface area (Å²) >= 11 is 0. The van der Waals surface area contributed by atoms with Crippen LogP contribution >= 0.6 is 0 Å². The lowest BCUT2D eigenvalue weighted by atomic mass is 10.0. The molecule has 0 aliphatic carbocycles. The van der Waals surface area contributed by atoms with Crippen LogP contribution in [0.25, 0.3) is 0 Å². The second-order valence-electron chi connectivity index (χ2n) is 5.41. The van der Waals surface area contributed by atoms with Gasteiger partial charge in [-0.1, -0.05) is 36.8 Å². The summed E-state index contributed by atoms with van der Waals surface area (Å²) in [6.45, 7) is 1.25. The molecule has 0 unspecified atom stereocenters. The Morgan fingerprint density at radius 3 is 2.43 bits per heavy atom. The minimum Gasteiger partial charge on any atom is -0.396 e. The van der Waals surface area contributed by atoms with Crippen molar-refractivity contribution < 1.29 is 13.5 Å². The fourth-order valence-electron chi connectivity index (χ4n) is 2.63. The van der Waals surface area contributed by atoms with Gasteiger partial charge in [0.05, 0.1) is 0 Å². The third-order valence-electron chi connectivity index (χ3n) is 3.80. The zero-order chi connectivity index (χ0) is 15.1. The lowest BCUT2D eigenvalue weighted by Crippen LogP contribution is -2.44. The number of nitrogens with one attached hydrogen (secondary N) is 1. The van der Waals surface area contributed by atoms with E-state index in [9.17, 15) is 8.42 Å². The monoisotopic (exact) mass is 312 g/mol. The molecule has 1 atom stereocenters. The number of benzene rings is 1. The highest BCUT2D eigenvalue weighted by Gasteiger charge is 2.27. The molecule has 0 amide bonds. The number of aliphatic hydroxyl groups excluding tert-OH is 1. The summed E-state index contributed by atoms with van der Waals surface area (Å²) in [6, 6.07) is 9.26. The van der Waals surface area contributed by atoms with Crippen molar-refractivity contribution in [2.75, 3.05) is 19.7 Å². The third kappa shape index (κ3) is 4.78. The quantitative estimate of drug-likeness (QED) is 0.807. The third-order valence-corrected chi connectivity index (χ3v) is 5.43. The molecule has 1 aromatic rings.